The molecule has 6 nitrogen and oxygen atoms in total. The molecule has 2 aromatic heterocycles. The average molecular weight is 410 g/mol. The number of benzene rings is 1. The molecule has 2 N–H and O–H groups in total. The standard InChI is InChI=1S/C22H20F2N4O2/c23-18(24)15-4-2-1-3-14(15)16-11-13-5-6-17(26-19(13)25-16)27-20(29)21(30)28-10-9-22(12-28)7-8-22/h1-6,11,18H,7-10,12H2,(H2,25,26,27,29). The molecule has 3 heterocycles. The van der Waals surface area contributed by atoms with E-state index in [9.17, 15) is 18.4 Å². The van der Waals surface area contributed by atoms with E-state index in [0.717, 1.165) is 19.3 Å². The lowest BCUT2D eigenvalue weighted by Crippen LogP contribution is -2.38. The maximum atomic E-state index is 13.3. The summed E-state index contributed by atoms with van der Waals surface area (Å²) in [6.07, 6.45) is 0.615. The molecule has 1 aliphatic heterocycles. The smallest absolute Gasteiger partial charge is 0.315 e. The number of carbonyl (C=O) groups excluding carboxylic acids is 2. The van der Waals surface area contributed by atoms with E-state index in [1.165, 1.54) is 6.07 Å². The van der Waals surface area contributed by atoms with Crippen molar-refractivity contribution in [2.75, 3.05) is 18.4 Å². The number of aromatic amines is 1. The van der Waals surface area contributed by atoms with Crippen LogP contribution in [0.1, 0.15) is 31.3 Å². The van der Waals surface area contributed by atoms with Crippen molar-refractivity contribution in [2.24, 2.45) is 5.41 Å². The minimum atomic E-state index is -2.60. The molecule has 1 aromatic carbocycles. The van der Waals surface area contributed by atoms with Crippen molar-refractivity contribution >= 4 is 28.7 Å². The van der Waals surface area contributed by atoms with Crippen molar-refractivity contribution in [1.82, 2.24) is 14.9 Å². The fourth-order valence-electron chi connectivity index (χ4n) is 4.16. The van der Waals surface area contributed by atoms with Gasteiger partial charge in [0, 0.05) is 35.3 Å². The van der Waals surface area contributed by atoms with Crippen LogP contribution in [0.3, 0.4) is 0 Å². The lowest BCUT2D eigenvalue weighted by Gasteiger charge is -2.15. The molecule has 1 spiro atoms. The zero-order chi connectivity index (χ0) is 20.9. The number of anilines is 1. The van der Waals surface area contributed by atoms with Crippen molar-refractivity contribution in [1.29, 1.82) is 0 Å². The first-order chi connectivity index (χ1) is 14.4. The van der Waals surface area contributed by atoms with Crippen LogP contribution < -0.4 is 5.32 Å². The van der Waals surface area contributed by atoms with E-state index in [1.54, 1.807) is 41.3 Å². The van der Waals surface area contributed by atoms with Gasteiger partial charge in [-0.15, -0.1) is 0 Å². The number of hydrogen-bond acceptors (Lipinski definition) is 3. The zero-order valence-electron chi connectivity index (χ0n) is 16.1. The van der Waals surface area contributed by atoms with Crippen LogP contribution in [-0.2, 0) is 9.59 Å². The van der Waals surface area contributed by atoms with Crippen LogP contribution in [0, 0.1) is 5.41 Å². The molecule has 1 aliphatic carbocycles. The second kappa shape index (κ2) is 6.90. The first-order valence-electron chi connectivity index (χ1n) is 9.92. The van der Waals surface area contributed by atoms with Gasteiger partial charge < -0.3 is 15.2 Å². The zero-order valence-corrected chi connectivity index (χ0v) is 16.1. The van der Waals surface area contributed by atoms with E-state index in [0.29, 0.717) is 35.4 Å². The Morgan fingerprint density at radius 3 is 2.67 bits per heavy atom. The van der Waals surface area contributed by atoms with Crippen LogP contribution >= 0.6 is 0 Å². The minimum Gasteiger partial charge on any atom is -0.339 e. The Hall–Kier alpha value is -3.29. The van der Waals surface area contributed by atoms with Crippen molar-refractivity contribution < 1.29 is 18.4 Å². The molecular weight excluding hydrogens is 390 g/mol. The molecule has 0 bridgehead atoms. The molecule has 3 aromatic rings. The Morgan fingerprint density at radius 2 is 1.93 bits per heavy atom. The predicted octanol–water partition coefficient (Wildman–Crippen LogP) is 4.12. The van der Waals surface area contributed by atoms with Gasteiger partial charge >= 0.3 is 11.8 Å². The molecule has 0 radical (unpaired) electrons. The Morgan fingerprint density at radius 1 is 1.13 bits per heavy atom. The van der Waals surface area contributed by atoms with Gasteiger partial charge in [-0.05, 0) is 42.9 Å². The largest absolute Gasteiger partial charge is 0.339 e. The third-order valence-corrected chi connectivity index (χ3v) is 6.08. The SMILES string of the molecule is O=C(Nc1ccc2cc(-c3ccccc3C(F)F)[nH]c2n1)C(=O)N1CCC2(CC2)C1. The third kappa shape index (κ3) is 3.32. The summed E-state index contributed by atoms with van der Waals surface area (Å²) in [5, 5.41) is 3.27. The Balaban J connectivity index is 1.35. The normalized spacial score (nSPS) is 17.1. The van der Waals surface area contributed by atoms with Crippen LogP contribution in [0.2, 0.25) is 0 Å². The molecule has 0 unspecified atom stereocenters. The molecule has 0 atom stereocenters. The van der Waals surface area contributed by atoms with Gasteiger partial charge in [0.05, 0.1) is 0 Å². The fourth-order valence-corrected chi connectivity index (χ4v) is 4.16. The fraction of sp³-hybridized carbons (Fsp3) is 0.318. The van der Waals surface area contributed by atoms with Gasteiger partial charge in [0.15, 0.2) is 0 Å². The molecule has 2 aliphatic rings. The summed E-state index contributed by atoms with van der Waals surface area (Å²) in [7, 11) is 0. The van der Waals surface area contributed by atoms with Crippen molar-refractivity contribution in [3.05, 3.63) is 48.0 Å². The van der Waals surface area contributed by atoms with Gasteiger partial charge in [-0.2, -0.15) is 0 Å². The van der Waals surface area contributed by atoms with Gasteiger partial charge in [-0.1, -0.05) is 24.3 Å². The maximum absolute atomic E-state index is 13.3. The number of nitrogens with one attached hydrogen (secondary N) is 2. The molecule has 5 rings (SSSR count). The monoisotopic (exact) mass is 410 g/mol. The number of alkyl halides is 2. The summed E-state index contributed by atoms with van der Waals surface area (Å²) in [6, 6.07) is 11.3. The van der Waals surface area contributed by atoms with Crippen molar-refractivity contribution in [3.8, 4) is 11.3 Å². The van der Waals surface area contributed by atoms with Crippen LogP contribution in [0.4, 0.5) is 14.6 Å². The van der Waals surface area contributed by atoms with Crippen LogP contribution in [0.15, 0.2) is 42.5 Å². The van der Waals surface area contributed by atoms with Crippen molar-refractivity contribution in [2.45, 2.75) is 25.7 Å². The molecular formula is C22H20F2N4O2. The summed E-state index contributed by atoms with van der Waals surface area (Å²) in [6.45, 7) is 1.26. The number of fused-ring (bicyclic) bond motifs is 1. The lowest BCUT2D eigenvalue weighted by atomic mass is 10.1. The summed E-state index contributed by atoms with van der Waals surface area (Å²) >= 11 is 0. The molecule has 2 fully saturated rings. The number of likely N-dealkylation sites (tertiary alicyclic amines) is 1. The highest BCUT2D eigenvalue weighted by atomic mass is 19.3. The van der Waals surface area contributed by atoms with E-state index in [1.807, 2.05) is 0 Å². The number of rotatable bonds is 3. The third-order valence-electron chi connectivity index (χ3n) is 6.08. The van der Waals surface area contributed by atoms with E-state index in [-0.39, 0.29) is 16.8 Å². The number of amides is 2. The minimum absolute atomic E-state index is 0.0674. The number of nitrogens with zero attached hydrogens (tertiary/aromatic N) is 2. The van der Waals surface area contributed by atoms with Gasteiger partial charge in [0.2, 0.25) is 0 Å². The molecule has 2 amide bonds. The summed E-state index contributed by atoms with van der Waals surface area (Å²) in [4.78, 5) is 33.8. The van der Waals surface area contributed by atoms with E-state index < -0.39 is 18.2 Å². The Labute approximate surface area is 171 Å². The first kappa shape index (κ1) is 18.7. The van der Waals surface area contributed by atoms with E-state index in [2.05, 4.69) is 15.3 Å². The number of pyridine rings is 1. The molecule has 1 saturated carbocycles. The average Bonchev–Trinajstić information content (AvgIpc) is 3.17. The first-order valence-corrected chi connectivity index (χ1v) is 9.92. The van der Waals surface area contributed by atoms with Gasteiger partial charge in [0.1, 0.15) is 11.5 Å². The summed E-state index contributed by atoms with van der Waals surface area (Å²) < 4.78 is 26.6. The topological polar surface area (TPSA) is 78.1 Å². The quantitative estimate of drug-likeness (QED) is 0.638. The van der Waals surface area contributed by atoms with E-state index in [4.69, 9.17) is 0 Å². The maximum Gasteiger partial charge on any atom is 0.315 e. The summed E-state index contributed by atoms with van der Waals surface area (Å²) in [5.41, 5.74) is 1.54. The van der Waals surface area contributed by atoms with Gasteiger partial charge in [-0.25, -0.2) is 13.8 Å². The highest BCUT2D eigenvalue weighted by Crippen LogP contribution is 2.52. The summed E-state index contributed by atoms with van der Waals surface area (Å²) in [5.74, 6) is -1.02. The molecule has 30 heavy (non-hydrogen) atoms. The Kier molecular flexibility index (Phi) is 4.30. The van der Waals surface area contributed by atoms with Crippen LogP contribution in [0.5, 0.6) is 0 Å². The number of H-pyrrole nitrogens is 1. The predicted molar refractivity (Wildman–Crippen MR) is 108 cm³/mol. The molecule has 8 heteroatoms. The highest BCUT2D eigenvalue weighted by Gasteiger charge is 2.49. The van der Waals surface area contributed by atoms with Crippen LogP contribution in [-0.4, -0.2) is 39.8 Å². The second-order valence-corrected chi connectivity index (χ2v) is 8.14. The molecule has 1 saturated heterocycles. The van der Waals surface area contributed by atoms with Crippen molar-refractivity contribution in [3.63, 3.8) is 0 Å². The lowest BCUT2D eigenvalue weighted by molar-refractivity contribution is -0.142. The number of carbonyl (C=O) groups is 2. The van der Waals surface area contributed by atoms with Gasteiger partial charge in [-0.3, -0.25) is 9.59 Å². The molecule has 154 valence electrons. The Bertz CT molecular complexity index is 1150. The van der Waals surface area contributed by atoms with E-state index >= 15 is 0 Å². The van der Waals surface area contributed by atoms with Gasteiger partial charge in [0.25, 0.3) is 6.43 Å². The number of aromatic nitrogens is 2. The number of hydrogen-bond donors (Lipinski definition) is 2. The van der Waals surface area contributed by atoms with Crippen LogP contribution in [0.25, 0.3) is 22.3 Å². The second-order valence-electron chi connectivity index (χ2n) is 8.14. The highest BCUT2D eigenvalue weighted by molar-refractivity contribution is 6.39. The number of halogens is 2.